The summed E-state index contributed by atoms with van der Waals surface area (Å²) in [5.74, 6) is -2.51. The molecule has 15 nitrogen and oxygen atoms in total. The average molecular weight is 1780 g/mol. The highest BCUT2D eigenvalue weighted by Gasteiger charge is 2.08. The van der Waals surface area contributed by atoms with E-state index in [0.717, 1.165) is 116 Å². The molecule has 750 valence electrons. The zero-order valence-electron chi connectivity index (χ0n) is 84.7. The number of ether oxygens (including phenoxy) is 1. The minimum Gasteiger partial charge on any atom is -0.481 e. The standard InChI is InChI=1S/C18H34O3.C18H36O3.2C18H36O2.C18H34O2.C18H38O.C2H6O2/c1-2-3-4-11-14-17(19)15-12-9-7-5-6-8-10-13-16-18(20)21;1-2-3-4-5-6-7-8-9-10-11-12-13-14-15-16-17-18(19)21-20;1-3-5-7-9-10-11-12-13-14-16-18(19)20-17-15-8-6-4-2;2*1-2-3-4-5-6-7-8-9-10-11-12-13-14-15-16-17-18(19)20;1-3-5-7-9-10-11-13-15-17-18(19)16-14-12-8-6-4-2;3-1-2-4/h9,12,17,19H,2-8,10-11,13-16H2,1H3,(H,20,21);20H,2-17H2,1H3;3-17H2,1-2H3;2-17H2,1H3,(H,19,20);9-10H,2-8,11-17H2,1H3,(H,19,20);18-19H,3-17H2,1-2H3;3-4H,1-2H2/b12-9-;;;;10-9-;;/t17-;;;;;;/m1....../s1. The van der Waals surface area contributed by atoms with E-state index in [4.69, 9.17) is 35.5 Å². The Labute approximate surface area is 776 Å². The normalized spacial score (nSPS) is 11.4. The molecule has 15 heteroatoms. The lowest BCUT2D eigenvalue weighted by molar-refractivity contribution is -0.234. The van der Waals surface area contributed by atoms with Crippen LogP contribution in [0.15, 0.2) is 24.3 Å². The van der Waals surface area contributed by atoms with E-state index in [0.29, 0.717) is 38.7 Å². The maximum Gasteiger partial charge on any atom is 0.342 e. The number of aliphatic hydroxyl groups is 4. The van der Waals surface area contributed by atoms with Gasteiger partial charge in [0.05, 0.1) is 32.0 Å². The molecule has 0 aromatic carbocycles. The molecule has 0 spiro atoms. The van der Waals surface area contributed by atoms with Crippen molar-refractivity contribution in [2.45, 2.75) is 633 Å². The molecule has 0 bridgehead atoms. The number of hydrogen-bond acceptors (Lipinski definition) is 12. The molecule has 0 aliphatic carbocycles. The molecule has 0 amide bonds. The largest absolute Gasteiger partial charge is 0.481 e. The van der Waals surface area contributed by atoms with Gasteiger partial charge in [-0.25, -0.2) is 4.79 Å². The molecule has 0 aromatic heterocycles. The van der Waals surface area contributed by atoms with E-state index in [1.54, 1.807) is 0 Å². The molecular formula is C110H220O15. The number of rotatable bonds is 93. The van der Waals surface area contributed by atoms with Gasteiger partial charge in [-0.1, -0.05) is 510 Å². The summed E-state index contributed by atoms with van der Waals surface area (Å²) in [6.07, 6.45) is 115. The van der Waals surface area contributed by atoms with E-state index in [-0.39, 0.29) is 31.4 Å². The monoisotopic (exact) mass is 1780 g/mol. The lowest BCUT2D eigenvalue weighted by Crippen LogP contribution is -2.05. The van der Waals surface area contributed by atoms with Crippen LogP contribution in [-0.4, -0.2) is 103 Å². The van der Waals surface area contributed by atoms with Crippen LogP contribution in [0.25, 0.3) is 0 Å². The van der Waals surface area contributed by atoms with Crippen LogP contribution in [0.3, 0.4) is 0 Å². The first-order chi connectivity index (χ1) is 61.0. The Hall–Kier alpha value is -3.37. The molecule has 0 aliphatic heterocycles. The number of carboxylic acids is 3. The fourth-order valence-corrected chi connectivity index (χ4v) is 15.1. The Bertz CT molecular complexity index is 2020. The van der Waals surface area contributed by atoms with Crippen molar-refractivity contribution in [3.8, 4) is 0 Å². The SMILES string of the molecule is CCCCCCCC/C=C\CCCCCCCC(=O)O.CCCCCCCCCCC(O)CCCCCCC.CCCCCCCCCCCC(=O)OCCCCCC.CCCCCCCCCCCCCCCCCC(=O)O.CCCCCCCCCCCCCCCCCC(=O)OO.CCCCCC[C@@H](O)C/C=C\CCCCCCCC(=O)O.OCCO. The number of aliphatic carboxylic acids is 3. The zero-order valence-corrected chi connectivity index (χ0v) is 84.7. The molecule has 0 fully saturated rings. The van der Waals surface area contributed by atoms with Crippen molar-refractivity contribution in [3.63, 3.8) is 0 Å². The van der Waals surface area contributed by atoms with Crippen molar-refractivity contribution >= 4 is 29.8 Å². The highest BCUT2D eigenvalue weighted by Crippen LogP contribution is 2.21. The molecule has 0 rings (SSSR count). The Morgan fingerprint density at radius 1 is 0.224 bits per heavy atom. The number of carboxylic acid groups (broad SMARTS) is 3. The third-order valence-corrected chi connectivity index (χ3v) is 23.3. The summed E-state index contributed by atoms with van der Waals surface area (Å²) in [4.78, 5) is 56.8. The molecule has 0 aliphatic rings. The molecule has 0 heterocycles. The first kappa shape index (κ1) is 135. The summed E-state index contributed by atoms with van der Waals surface area (Å²) in [6, 6.07) is 0. The Morgan fingerprint density at radius 3 is 0.640 bits per heavy atom. The molecule has 0 saturated carbocycles. The minimum absolute atomic E-state index is 0.00412. The maximum absolute atomic E-state index is 11.5. The number of aliphatic hydroxyl groups excluding tert-OH is 4. The highest BCUT2D eigenvalue weighted by molar-refractivity contribution is 5.69. The summed E-state index contributed by atoms with van der Waals surface area (Å²) < 4.78 is 5.22. The van der Waals surface area contributed by atoms with Crippen LogP contribution < -0.4 is 0 Å². The van der Waals surface area contributed by atoms with Crippen molar-refractivity contribution in [2.24, 2.45) is 0 Å². The van der Waals surface area contributed by atoms with Gasteiger partial charge < -0.3 is 45.4 Å². The highest BCUT2D eigenvalue weighted by atomic mass is 17.1. The topological polar surface area (TPSA) is 266 Å². The van der Waals surface area contributed by atoms with Crippen LogP contribution in [0.1, 0.15) is 620 Å². The number of esters is 1. The van der Waals surface area contributed by atoms with Gasteiger partial charge in [0.2, 0.25) is 0 Å². The Morgan fingerprint density at radius 2 is 0.408 bits per heavy atom. The fourth-order valence-electron chi connectivity index (χ4n) is 15.1. The van der Waals surface area contributed by atoms with Crippen molar-refractivity contribution in [1.29, 1.82) is 0 Å². The van der Waals surface area contributed by atoms with E-state index in [1.165, 1.54) is 417 Å². The van der Waals surface area contributed by atoms with Gasteiger partial charge in [-0.05, 0) is 103 Å². The summed E-state index contributed by atoms with van der Waals surface area (Å²) in [7, 11) is 0. The van der Waals surface area contributed by atoms with Gasteiger partial charge in [0.1, 0.15) is 0 Å². The van der Waals surface area contributed by atoms with E-state index < -0.39 is 23.9 Å². The number of allylic oxidation sites excluding steroid dienone is 3. The second-order valence-corrected chi connectivity index (χ2v) is 36.3. The van der Waals surface area contributed by atoms with Gasteiger partial charge in [-0.3, -0.25) is 19.2 Å². The molecule has 0 saturated heterocycles. The maximum atomic E-state index is 11.5. The molecule has 0 radical (unpaired) electrons. The lowest BCUT2D eigenvalue weighted by atomic mass is 10.0. The predicted molar refractivity (Wildman–Crippen MR) is 539 cm³/mol. The lowest BCUT2D eigenvalue weighted by Gasteiger charge is -2.10. The van der Waals surface area contributed by atoms with Crippen molar-refractivity contribution in [2.75, 3.05) is 19.8 Å². The minimum atomic E-state index is -0.689. The van der Waals surface area contributed by atoms with Crippen LogP contribution in [0.2, 0.25) is 0 Å². The second kappa shape index (κ2) is 131. The molecule has 125 heavy (non-hydrogen) atoms. The molecule has 0 aromatic rings. The number of hydrogen-bond donors (Lipinski definition) is 8. The van der Waals surface area contributed by atoms with Crippen LogP contribution in [0.5, 0.6) is 0 Å². The van der Waals surface area contributed by atoms with Crippen LogP contribution >= 0.6 is 0 Å². The molecule has 1 unspecified atom stereocenters. The van der Waals surface area contributed by atoms with Crippen molar-refractivity contribution in [3.05, 3.63) is 24.3 Å². The third kappa shape index (κ3) is 155. The number of unbranched alkanes of at least 4 members (excludes halogenated alkanes) is 69. The third-order valence-electron chi connectivity index (χ3n) is 23.3. The summed E-state index contributed by atoms with van der Waals surface area (Å²) in [6.45, 7) is 18.3. The first-order valence-corrected chi connectivity index (χ1v) is 54.6. The van der Waals surface area contributed by atoms with Crippen molar-refractivity contribution < 1.29 is 74.6 Å². The summed E-state index contributed by atoms with van der Waals surface area (Å²) in [5, 5.41) is 68.6. The first-order valence-electron chi connectivity index (χ1n) is 54.6. The Balaban J connectivity index is -0.000000265. The smallest absolute Gasteiger partial charge is 0.342 e. The molecule has 2 atom stereocenters. The summed E-state index contributed by atoms with van der Waals surface area (Å²) in [5.41, 5.74) is 0. The van der Waals surface area contributed by atoms with E-state index in [1.807, 2.05) is 0 Å². The van der Waals surface area contributed by atoms with Gasteiger partial charge >= 0.3 is 29.8 Å². The molecular weight excluding hydrogens is 1560 g/mol. The van der Waals surface area contributed by atoms with E-state index in [2.05, 4.69) is 84.6 Å². The van der Waals surface area contributed by atoms with Crippen LogP contribution in [0, 0.1) is 0 Å². The quantitative estimate of drug-likeness (QED) is 0.00925. The average Bonchev–Trinajstić information content (AvgIpc) is 1.05. The summed E-state index contributed by atoms with van der Waals surface area (Å²) >= 11 is 0. The van der Waals surface area contributed by atoms with Crippen LogP contribution in [-0.2, 0) is 33.6 Å². The van der Waals surface area contributed by atoms with Gasteiger partial charge in [-0.2, -0.15) is 5.26 Å². The zero-order chi connectivity index (χ0) is 93.6. The predicted octanol–water partition coefficient (Wildman–Crippen LogP) is 35.0. The van der Waals surface area contributed by atoms with E-state index >= 15 is 0 Å². The number of carbonyl (C=O) groups excluding carboxylic acids is 2. The molecule has 8 N–H and O–H groups in total. The van der Waals surface area contributed by atoms with Crippen LogP contribution in [0.4, 0.5) is 0 Å². The van der Waals surface area contributed by atoms with Gasteiger partial charge in [0, 0.05) is 32.1 Å². The van der Waals surface area contributed by atoms with Gasteiger partial charge in [0.15, 0.2) is 0 Å². The van der Waals surface area contributed by atoms with Crippen molar-refractivity contribution in [1.82, 2.24) is 0 Å². The Kier molecular flexibility index (Phi) is 142. The second-order valence-electron chi connectivity index (χ2n) is 36.3. The van der Waals surface area contributed by atoms with E-state index in [9.17, 15) is 34.2 Å². The fraction of sp³-hybridized carbons (Fsp3) is 0.918. The van der Waals surface area contributed by atoms with Gasteiger partial charge in [-0.15, -0.1) is 0 Å². The van der Waals surface area contributed by atoms with Gasteiger partial charge in [0.25, 0.3) is 0 Å². The number of carbonyl (C=O) groups is 5.